The first-order valence-corrected chi connectivity index (χ1v) is 6.55. The van der Waals surface area contributed by atoms with Gasteiger partial charge in [-0.05, 0) is 31.7 Å². The zero-order valence-electron chi connectivity index (χ0n) is 12.7. The number of carbonyl (C=O) groups is 1. The lowest BCUT2D eigenvalue weighted by Gasteiger charge is -2.27. The van der Waals surface area contributed by atoms with Gasteiger partial charge in [0.2, 0.25) is 0 Å². The van der Waals surface area contributed by atoms with Crippen molar-refractivity contribution >= 4 is 5.97 Å². The molecule has 1 N–H and O–H groups in total. The van der Waals surface area contributed by atoms with Gasteiger partial charge in [0.1, 0.15) is 0 Å². The van der Waals surface area contributed by atoms with Crippen LogP contribution in [-0.4, -0.2) is 43.8 Å². The fourth-order valence-electron chi connectivity index (χ4n) is 2.04. The average molecular weight is 281 g/mol. The number of hydrogen-bond acceptors (Lipinski definition) is 4. The number of ether oxygens (including phenoxy) is 2. The first kappa shape index (κ1) is 16.3. The highest BCUT2D eigenvalue weighted by Crippen LogP contribution is 2.31. The maximum absolute atomic E-state index is 10.9. The van der Waals surface area contributed by atoms with E-state index in [-0.39, 0.29) is 6.04 Å². The highest BCUT2D eigenvalue weighted by molar-refractivity contribution is 5.69. The molecule has 0 bridgehead atoms. The molecular weight excluding hydrogens is 258 g/mol. The molecule has 0 aliphatic rings. The second kappa shape index (κ2) is 7.14. The molecule has 5 nitrogen and oxygen atoms in total. The summed E-state index contributed by atoms with van der Waals surface area (Å²) in [7, 11) is 5.12. The van der Waals surface area contributed by atoms with Gasteiger partial charge in [-0.15, -0.1) is 0 Å². The smallest absolute Gasteiger partial charge is 0.307 e. The Hall–Kier alpha value is -1.75. The van der Waals surface area contributed by atoms with Gasteiger partial charge in [0.05, 0.1) is 20.1 Å². The fourth-order valence-corrected chi connectivity index (χ4v) is 2.04. The molecule has 0 aliphatic heterocycles. The van der Waals surface area contributed by atoms with Crippen molar-refractivity contribution in [2.24, 2.45) is 5.92 Å². The summed E-state index contributed by atoms with van der Waals surface area (Å²) in [6, 6.07) is 5.84. The van der Waals surface area contributed by atoms with Gasteiger partial charge < -0.3 is 14.6 Å². The van der Waals surface area contributed by atoms with E-state index in [2.05, 4.69) is 0 Å². The molecule has 1 aromatic rings. The van der Waals surface area contributed by atoms with Crippen molar-refractivity contribution < 1.29 is 19.4 Å². The van der Waals surface area contributed by atoms with E-state index in [0.717, 1.165) is 5.56 Å². The number of nitrogens with zero attached hydrogens (tertiary/aromatic N) is 1. The van der Waals surface area contributed by atoms with Crippen LogP contribution in [0, 0.1) is 5.92 Å². The van der Waals surface area contributed by atoms with Gasteiger partial charge in [-0.2, -0.15) is 0 Å². The van der Waals surface area contributed by atoms with Crippen molar-refractivity contribution in [3.05, 3.63) is 23.8 Å². The Morgan fingerprint density at radius 2 is 1.85 bits per heavy atom. The van der Waals surface area contributed by atoms with Crippen LogP contribution >= 0.6 is 0 Å². The van der Waals surface area contributed by atoms with Crippen LogP contribution in [0.1, 0.15) is 25.5 Å². The van der Waals surface area contributed by atoms with Gasteiger partial charge in [0, 0.05) is 12.6 Å². The van der Waals surface area contributed by atoms with Gasteiger partial charge in [-0.3, -0.25) is 9.69 Å². The summed E-state index contributed by atoms with van der Waals surface area (Å²) in [5.74, 6) is 0.181. The van der Waals surface area contributed by atoms with Crippen molar-refractivity contribution in [3.8, 4) is 11.5 Å². The summed E-state index contributed by atoms with van der Waals surface area (Å²) in [6.07, 6.45) is 0. The molecule has 0 heterocycles. The second-order valence-corrected chi connectivity index (χ2v) is 4.97. The van der Waals surface area contributed by atoms with Crippen LogP contribution in [-0.2, 0) is 4.79 Å². The molecule has 2 atom stereocenters. The number of rotatable bonds is 7. The summed E-state index contributed by atoms with van der Waals surface area (Å²) >= 11 is 0. The van der Waals surface area contributed by atoms with E-state index in [1.807, 2.05) is 37.1 Å². The Morgan fingerprint density at radius 3 is 2.35 bits per heavy atom. The molecule has 1 aromatic carbocycles. The standard InChI is InChI=1S/C15H23NO4/c1-10(15(17)18)9-16(3)11(2)12-6-7-13(19-4)14(8-12)20-5/h6-8,10-11H,9H2,1-5H3,(H,17,18). The second-order valence-electron chi connectivity index (χ2n) is 4.97. The van der Waals surface area contributed by atoms with E-state index in [1.54, 1.807) is 21.1 Å². The summed E-state index contributed by atoms with van der Waals surface area (Å²) in [5.41, 5.74) is 1.06. The molecule has 0 saturated carbocycles. The summed E-state index contributed by atoms with van der Waals surface area (Å²) < 4.78 is 10.5. The third kappa shape index (κ3) is 3.87. The number of hydrogen-bond donors (Lipinski definition) is 1. The first-order valence-electron chi connectivity index (χ1n) is 6.55. The summed E-state index contributed by atoms with van der Waals surface area (Å²) in [4.78, 5) is 12.9. The van der Waals surface area contributed by atoms with Crippen molar-refractivity contribution in [1.29, 1.82) is 0 Å². The first-order chi connectivity index (χ1) is 9.40. The van der Waals surface area contributed by atoms with Gasteiger partial charge in [-0.25, -0.2) is 0 Å². The molecule has 1 rings (SSSR count). The average Bonchev–Trinajstić information content (AvgIpc) is 2.45. The van der Waals surface area contributed by atoms with Gasteiger partial charge in [-0.1, -0.05) is 13.0 Å². The summed E-state index contributed by atoms with van der Waals surface area (Å²) in [6.45, 7) is 4.24. The summed E-state index contributed by atoms with van der Waals surface area (Å²) in [5, 5.41) is 8.97. The molecular formula is C15H23NO4. The topological polar surface area (TPSA) is 59.0 Å². The Labute approximate surface area is 120 Å². The molecule has 0 spiro atoms. The van der Waals surface area contributed by atoms with Gasteiger partial charge in [0.25, 0.3) is 0 Å². The lowest BCUT2D eigenvalue weighted by atomic mass is 10.0. The maximum atomic E-state index is 10.9. The van der Waals surface area contributed by atoms with E-state index in [4.69, 9.17) is 14.6 Å². The Kier molecular flexibility index (Phi) is 5.82. The third-order valence-electron chi connectivity index (χ3n) is 3.53. The Morgan fingerprint density at radius 1 is 1.25 bits per heavy atom. The number of aliphatic carboxylic acids is 1. The van der Waals surface area contributed by atoms with Crippen LogP contribution in [0.15, 0.2) is 18.2 Å². The number of methoxy groups -OCH3 is 2. The van der Waals surface area contributed by atoms with Crippen molar-refractivity contribution in [2.45, 2.75) is 19.9 Å². The van der Waals surface area contributed by atoms with E-state index in [0.29, 0.717) is 18.0 Å². The molecule has 20 heavy (non-hydrogen) atoms. The molecule has 0 aromatic heterocycles. The minimum Gasteiger partial charge on any atom is -0.493 e. The molecule has 0 aliphatic carbocycles. The molecule has 0 fully saturated rings. The minimum atomic E-state index is -0.781. The van der Waals surface area contributed by atoms with Gasteiger partial charge >= 0.3 is 5.97 Å². The largest absolute Gasteiger partial charge is 0.493 e. The van der Waals surface area contributed by atoms with Crippen LogP contribution in [0.25, 0.3) is 0 Å². The maximum Gasteiger partial charge on any atom is 0.307 e. The molecule has 0 saturated heterocycles. The van der Waals surface area contributed by atoms with Crippen molar-refractivity contribution in [1.82, 2.24) is 4.90 Å². The van der Waals surface area contributed by atoms with Crippen molar-refractivity contribution in [2.75, 3.05) is 27.8 Å². The fraction of sp³-hybridized carbons (Fsp3) is 0.533. The van der Waals surface area contributed by atoms with E-state index in [9.17, 15) is 4.79 Å². The lowest BCUT2D eigenvalue weighted by Crippen LogP contribution is -2.30. The van der Waals surface area contributed by atoms with Crippen LogP contribution in [0.4, 0.5) is 0 Å². The van der Waals surface area contributed by atoms with E-state index in [1.165, 1.54) is 0 Å². The Bertz CT molecular complexity index is 461. The van der Waals surface area contributed by atoms with E-state index < -0.39 is 11.9 Å². The predicted octanol–water partition coefficient (Wildman–Crippen LogP) is 2.42. The van der Waals surface area contributed by atoms with E-state index >= 15 is 0 Å². The minimum absolute atomic E-state index is 0.0941. The van der Waals surface area contributed by atoms with Crippen LogP contribution in [0.2, 0.25) is 0 Å². The number of benzene rings is 1. The van der Waals surface area contributed by atoms with Crippen molar-refractivity contribution in [3.63, 3.8) is 0 Å². The quantitative estimate of drug-likeness (QED) is 0.831. The van der Waals surface area contributed by atoms with Gasteiger partial charge in [0.15, 0.2) is 11.5 Å². The highest BCUT2D eigenvalue weighted by atomic mass is 16.5. The zero-order chi connectivity index (χ0) is 15.3. The molecule has 0 radical (unpaired) electrons. The predicted molar refractivity (Wildman–Crippen MR) is 77.4 cm³/mol. The molecule has 2 unspecified atom stereocenters. The highest BCUT2D eigenvalue weighted by Gasteiger charge is 2.19. The van der Waals surface area contributed by atoms with Crippen LogP contribution in [0.3, 0.4) is 0 Å². The van der Waals surface area contributed by atoms with Crippen LogP contribution < -0.4 is 9.47 Å². The number of carboxylic acid groups (broad SMARTS) is 1. The molecule has 5 heteroatoms. The zero-order valence-corrected chi connectivity index (χ0v) is 12.7. The molecule has 0 amide bonds. The molecule has 112 valence electrons. The third-order valence-corrected chi connectivity index (χ3v) is 3.53. The lowest BCUT2D eigenvalue weighted by molar-refractivity contribution is -0.141. The normalized spacial score (nSPS) is 13.9. The SMILES string of the molecule is COc1ccc(C(C)N(C)CC(C)C(=O)O)cc1OC. The Balaban J connectivity index is 2.86. The monoisotopic (exact) mass is 281 g/mol. The van der Waals surface area contributed by atoms with Crippen LogP contribution in [0.5, 0.6) is 11.5 Å². The number of carboxylic acids is 1.